The van der Waals surface area contributed by atoms with Crippen molar-refractivity contribution in [2.24, 2.45) is 5.92 Å². The highest BCUT2D eigenvalue weighted by molar-refractivity contribution is 6.30. The monoisotopic (exact) mass is 402 g/mol. The molecule has 6 nitrogen and oxygen atoms in total. The van der Waals surface area contributed by atoms with Crippen molar-refractivity contribution in [3.63, 3.8) is 0 Å². The van der Waals surface area contributed by atoms with E-state index >= 15 is 0 Å². The van der Waals surface area contributed by atoms with Crippen LogP contribution in [0.5, 0.6) is 11.5 Å². The third-order valence-electron chi connectivity index (χ3n) is 5.91. The molecule has 3 heterocycles. The largest absolute Gasteiger partial charge is 0.454 e. The average Bonchev–Trinajstić information content (AvgIpc) is 3.29. The number of rotatable bonds is 5. The topological polar surface area (TPSA) is 60.9 Å². The Morgan fingerprint density at radius 2 is 1.96 bits per heavy atom. The maximum Gasteiger partial charge on any atom is 0.231 e. The number of carbonyl (C=O) groups is 1. The first-order chi connectivity index (χ1) is 13.7. The Hall–Kier alpha value is -2.05. The fraction of sp³-hybridized carbons (Fsp3) is 0.524. The molecule has 0 spiro atoms. The lowest BCUT2D eigenvalue weighted by molar-refractivity contribution is -0.140. The van der Waals surface area contributed by atoms with Gasteiger partial charge in [0.05, 0.1) is 11.6 Å². The molecule has 1 aliphatic carbocycles. The Labute approximate surface area is 168 Å². The smallest absolute Gasteiger partial charge is 0.231 e. The van der Waals surface area contributed by atoms with Crippen LogP contribution in [-0.4, -0.2) is 41.8 Å². The van der Waals surface area contributed by atoms with E-state index in [0.29, 0.717) is 29.7 Å². The third-order valence-corrected chi connectivity index (χ3v) is 6.24. The molecule has 2 fully saturated rings. The summed E-state index contributed by atoms with van der Waals surface area (Å²) in [4.78, 5) is 19.5. The van der Waals surface area contributed by atoms with Crippen LogP contribution in [-0.2, 0) is 16.1 Å². The van der Waals surface area contributed by atoms with E-state index in [1.807, 2.05) is 23.1 Å². The minimum atomic E-state index is 0.116. The molecular weight excluding hydrogens is 380 g/mol. The summed E-state index contributed by atoms with van der Waals surface area (Å²) in [5.41, 5.74) is 1.60. The second kappa shape index (κ2) is 7.41. The number of ether oxygens (including phenoxy) is 3. The molecule has 28 heavy (non-hydrogen) atoms. The molecule has 0 unspecified atom stereocenters. The molecule has 2 aromatic rings. The SMILES string of the molecule is O=C(C1CCC1)N(Cc1cc2cc3c(cc2nc1Cl)OCO3)C[C@H]1CCCO1. The number of hydrogen-bond donors (Lipinski definition) is 0. The molecule has 2 aliphatic heterocycles. The van der Waals surface area contributed by atoms with Crippen molar-refractivity contribution < 1.29 is 19.0 Å². The highest BCUT2D eigenvalue weighted by Gasteiger charge is 2.32. The number of carbonyl (C=O) groups excluding carboxylic acids is 1. The van der Waals surface area contributed by atoms with E-state index in [2.05, 4.69) is 4.98 Å². The Kier molecular flexibility index (Phi) is 4.77. The van der Waals surface area contributed by atoms with Gasteiger partial charge in [-0.2, -0.15) is 0 Å². The fourth-order valence-electron chi connectivity index (χ4n) is 4.08. The molecule has 1 aromatic heterocycles. The number of pyridine rings is 1. The third kappa shape index (κ3) is 3.40. The van der Waals surface area contributed by atoms with Crippen molar-refractivity contribution in [1.82, 2.24) is 9.88 Å². The lowest BCUT2D eigenvalue weighted by Gasteiger charge is -2.33. The van der Waals surface area contributed by atoms with E-state index in [9.17, 15) is 4.79 Å². The van der Waals surface area contributed by atoms with E-state index in [-0.39, 0.29) is 24.7 Å². The molecular formula is C21H23ClN2O4. The van der Waals surface area contributed by atoms with Crippen molar-refractivity contribution in [3.8, 4) is 11.5 Å². The summed E-state index contributed by atoms with van der Waals surface area (Å²) >= 11 is 6.49. The molecule has 1 saturated carbocycles. The van der Waals surface area contributed by atoms with Gasteiger partial charge in [-0.05, 0) is 37.8 Å². The predicted octanol–water partition coefficient (Wildman–Crippen LogP) is 3.92. The van der Waals surface area contributed by atoms with Gasteiger partial charge in [0.15, 0.2) is 11.5 Å². The first-order valence-corrected chi connectivity index (χ1v) is 10.3. The van der Waals surface area contributed by atoms with Crippen LogP contribution >= 0.6 is 11.6 Å². The fourth-order valence-corrected chi connectivity index (χ4v) is 4.29. The Balaban J connectivity index is 1.43. The molecule has 3 aliphatic rings. The van der Waals surface area contributed by atoms with Crippen LogP contribution in [0.2, 0.25) is 5.15 Å². The summed E-state index contributed by atoms with van der Waals surface area (Å²) in [6, 6.07) is 5.77. The number of benzene rings is 1. The molecule has 0 N–H and O–H groups in total. The van der Waals surface area contributed by atoms with Crippen LogP contribution in [0.15, 0.2) is 18.2 Å². The normalized spacial score (nSPS) is 21.1. The molecule has 7 heteroatoms. The Bertz CT molecular complexity index is 909. The van der Waals surface area contributed by atoms with Crippen LogP contribution in [0.1, 0.15) is 37.7 Å². The van der Waals surface area contributed by atoms with Crippen molar-refractivity contribution in [2.75, 3.05) is 19.9 Å². The summed E-state index contributed by atoms with van der Waals surface area (Å²) in [5, 5.41) is 1.35. The molecule has 1 amide bonds. The number of halogens is 1. The number of aromatic nitrogens is 1. The van der Waals surface area contributed by atoms with Gasteiger partial charge in [-0.25, -0.2) is 4.98 Å². The highest BCUT2D eigenvalue weighted by atomic mass is 35.5. The second-order valence-corrected chi connectivity index (χ2v) is 8.18. The molecule has 5 rings (SSSR count). The van der Waals surface area contributed by atoms with E-state index in [1.165, 1.54) is 0 Å². The summed E-state index contributed by atoms with van der Waals surface area (Å²) in [6.07, 6.45) is 5.27. The van der Waals surface area contributed by atoms with Crippen molar-refractivity contribution in [3.05, 3.63) is 28.9 Å². The zero-order valence-electron chi connectivity index (χ0n) is 15.7. The van der Waals surface area contributed by atoms with Crippen molar-refractivity contribution in [1.29, 1.82) is 0 Å². The van der Waals surface area contributed by atoms with Crippen molar-refractivity contribution in [2.45, 2.75) is 44.8 Å². The van der Waals surface area contributed by atoms with Crippen LogP contribution in [0.4, 0.5) is 0 Å². The van der Waals surface area contributed by atoms with Gasteiger partial charge in [-0.15, -0.1) is 0 Å². The lowest BCUT2D eigenvalue weighted by atomic mass is 9.84. The van der Waals surface area contributed by atoms with E-state index in [0.717, 1.165) is 55.2 Å². The van der Waals surface area contributed by atoms with E-state index in [4.69, 9.17) is 25.8 Å². The second-order valence-electron chi connectivity index (χ2n) is 7.82. The minimum Gasteiger partial charge on any atom is -0.454 e. The van der Waals surface area contributed by atoms with Gasteiger partial charge < -0.3 is 19.1 Å². The number of hydrogen-bond acceptors (Lipinski definition) is 5. The van der Waals surface area contributed by atoms with Crippen LogP contribution in [0, 0.1) is 5.92 Å². The molecule has 0 radical (unpaired) electrons. The number of amides is 1. The maximum atomic E-state index is 13.0. The quantitative estimate of drug-likeness (QED) is 0.709. The lowest BCUT2D eigenvalue weighted by Crippen LogP contribution is -2.42. The van der Waals surface area contributed by atoms with Gasteiger partial charge >= 0.3 is 0 Å². The van der Waals surface area contributed by atoms with Crippen molar-refractivity contribution >= 4 is 28.4 Å². The van der Waals surface area contributed by atoms with Crippen LogP contribution in [0.25, 0.3) is 10.9 Å². The zero-order chi connectivity index (χ0) is 19.1. The molecule has 0 bridgehead atoms. The number of nitrogens with zero attached hydrogens (tertiary/aromatic N) is 2. The summed E-state index contributed by atoms with van der Waals surface area (Å²) in [7, 11) is 0. The maximum absolute atomic E-state index is 13.0. The molecule has 1 saturated heterocycles. The Morgan fingerprint density at radius 3 is 2.68 bits per heavy atom. The Morgan fingerprint density at radius 1 is 1.14 bits per heavy atom. The van der Waals surface area contributed by atoms with Gasteiger partial charge in [-0.1, -0.05) is 18.0 Å². The highest BCUT2D eigenvalue weighted by Crippen LogP contribution is 2.37. The summed E-state index contributed by atoms with van der Waals surface area (Å²) in [5.74, 6) is 1.75. The molecule has 1 atom stereocenters. The van der Waals surface area contributed by atoms with Crippen LogP contribution < -0.4 is 9.47 Å². The minimum absolute atomic E-state index is 0.116. The molecule has 1 aromatic carbocycles. The summed E-state index contributed by atoms with van der Waals surface area (Å²) < 4.78 is 16.7. The summed E-state index contributed by atoms with van der Waals surface area (Å²) in [6.45, 7) is 2.06. The standard InChI is InChI=1S/C21H23ClN2O4/c22-20-15(7-14-8-18-19(28-12-27-18)9-17(14)23-20)10-24(11-16-5-2-6-26-16)21(25)13-3-1-4-13/h7-9,13,16H,1-6,10-12H2/t16-/m1/s1. The first-order valence-electron chi connectivity index (χ1n) is 9.96. The van der Waals surface area contributed by atoms with Gasteiger partial charge in [0.2, 0.25) is 12.7 Å². The van der Waals surface area contributed by atoms with Gasteiger partial charge in [0.1, 0.15) is 5.15 Å². The average molecular weight is 403 g/mol. The van der Waals surface area contributed by atoms with Crippen LogP contribution in [0.3, 0.4) is 0 Å². The molecule has 148 valence electrons. The number of fused-ring (bicyclic) bond motifs is 2. The van der Waals surface area contributed by atoms with Gasteiger partial charge in [0.25, 0.3) is 0 Å². The van der Waals surface area contributed by atoms with Gasteiger partial charge in [0, 0.05) is 42.6 Å². The van der Waals surface area contributed by atoms with E-state index < -0.39 is 0 Å². The van der Waals surface area contributed by atoms with Gasteiger partial charge in [-0.3, -0.25) is 4.79 Å². The first kappa shape index (κ1) is 18.0. The predicted molar refractivity (Wildman–Crippen MR) is 105 cm³/mol. The zero-order valence-corrected chi connectivity index (χ0v) is 16.4. The van der Waals surface area contributed by atoms with E-state index in [1.54, 1.807) is 0 Å².